The summed E-state index contributed by atoms with van der Waals surface area (Å²) in [5.41, 5.74) is 2.18. The van der Waals surface area contributed by atoms with Crippen LogP contribution in [0.1, 0.15) is 41.3 Å². The molecular weight excluding hydrogens is 296 g/mol. The molecule has 0 aliphatic rings. The molecule has 0 saturated carbocycles. The second kappa shape index (κ2) is 8.82. The Morgan fingerprint density at radius 1 is 1.30 bits per heavy atom. The quantitative estimate of drug-likeness (QED) is 0.731. The molecule has 0 aromatic heterocycles. The molecule has 6 nitrogen and oxygen atoms in total. The van der Waals surface area contributed by atoms with Crippen molar-refractivity contribution in [1.29, 1.82) is 0 Å². The molecule has 1 N–H and O–H groups in total. The summed E-state index contributed by atoms with van der Waals surface area (Å²) >= 11 is 0. The Balaban J connectivity index is 3.20. The third-order valence-corrected chi connectivity index (χ3v) is 3.85. The summed E-state index contributed by atoms with van der Waals surface area (Å²) in [5.74, 6) is -1.01. The van der Waals surface area contributed by atoms with Crippen molar-refractivity contribution >= 4 is 24.5 Å². The van der Waals surface area contributed by atoms with Gasteiger partial charge < -0.3 is 10.1 Å². The van der Waals surface area contributed by atoms with Crippen LogP contribution in [0.4, 0.5) is 0 Å². The van der Waals surface area contributed by atoms with Crippen LogP contribution in [0.2, 0.25) is 0 Å². The van der Waals surface area contributed by atoms with E-state index in [1.807, 2.05) is 19.9 Å². The van der Waals surface area contributed by atoms with Crippen LogP contribution in [-0.4, -0.2) is 42.5 Å². The first-order valence-corrected chi connectivity index (χ1v) is 7.53. The molecule has 0 radical (unpaired) electrons. The SMILES string of the molecule is CCc1cccc(C(=O)N(C=O)C(CCC=O)C(=O)NC)c1C. The van der Waals surface area contributed by atoms with Gasteiger partial charge in [-0.1, -0.05) is 19.1 Å². The molecule has 1 aromatic carbocycles. The maximum absolute atomic E-state index is 12.7. The fraction of sp³-hybridized carbons (Fsp3) is 0.412. The van der Waals surface area contributed by atoms with Crippen molar-refractivity contribution < 1.29 is 19.2 Å². The molecule has 0 saturated heterocycles. The molecule has 0 heterocycles. The molecule has 3 amide bonds. The number of carbonyl (C=O) groups excluding carboxylic acids is 4. The van der Waals surface area contributed by atoms with Gasteiger partial charge >= 0.3 is 0 Å². The molecule has 124 valence electrons. The molecular formula is C17H22N2O4. The average Bonchev–Trinajstić information content (AvgIpc) is 2.57. The number of nitrogens with one attached hydrogen (secondary N) is 1. The standard InChI is InChI=1S/C17H22N2O4/c1-4-13-7-5-8-14(12(13)2)17(23)19(11-21)15(9-6-10-20)16(22)18-3/h5,7-8,10-11,15H,4,6,9H2,1-3H3,(H,18,22). The Hall–Kier alpha value is -2.50. The highest BCUT2D eigenvalue weighted by molar-refractivity contribution is 6.04. The number of imide groups is 1. The fourth-order valence-corrected chi connectivity index (χ4v) is 2.49. The number of likely N-dealkylation sites (N-methyl/N-ethyl adjacent to an activating group) is 1. The van der Waals surface area contributed by atoms with Crippen LogP contribution >= 0.6 is 0 Å². The Labute approximate surface area is 135 Å². The fourth-order valence-electron chi connectivity index (χ4n) is 2.49. The van der Waals surface area contributed by atoms with Gasteiger partial charge in [0.2, 0.25) is 12.3 Å². The molecule has 0 aliphatic heterocycles. The summed E-state index contributed by atoms with van der Waals surface area (Å²) in [5, 5.41) is 2.42. The van der Waals surface area contributed by atoms with E-state index in [1.165, 1.54) is 7.05 Å². The summed E-state index contributed by atoms with van der Waals surface area (Å²) in [6, 6.07) is 4.30. The first kappa shape index (κ1) is 18.5. The maximum Gasteiger partial charge on any atom is 0.261 e. The molecule has 6 heteroatoms. The first-order valence-electron chi connectivity index (χ1n) is 7.53. The molecule has 0 aliphatic carbocycles. The Bertz CT molecular complexity index is 598. The Kier molecular flexibility index (Phi) is 7.12. The van der Waals surface area contributed by atoms with E-state index in [0.29, 0.717) is 18.3 Å². The van der Waals surface area contributed by atoms with Crippen LogP contribution in [0.5, 0.6) is 0 Å². The first-order chi connectivity index (χ1) is 11.0. The van der Waals surface area contributed by atoms with E-state index in [-0.39, 0.29) is 12.8 Å². The lowest BCUT2D eigenvalue weighted by atomic mass is 9.99. The van der Waals surface area contributed by atoms with Gasteiger partial charge in [0, 0.05) is 19.0 Å². The lowest BCUT2D eigenvalue weighted by molar-refractivity contribution is -0.131. The second-order valence-corrected chi connectivity index (χ2v) is 5.14. The van der Waals surface area contributed by atoms with E-state index >= 15 is 0 Å². The minimum absolute atomic E-state index is 0.0870. The molecule has 0 fully saturated rings. The van der Waals surface area contributed by atoms with Crippen molar-refractivity contribution in [2.75, 3.05) is 7.05 Å². The van der Waals surface area contributed by atoms with Crippen LogP contribution in [-0.2, 0) is 20.8 Å². The van der Waals surface area contributed by atoms with E-state index in [2.05, 4.69) is 5.32 Å². The van der Waals surface area contributed by atoms with Gasteiger partial charge in [-0.05, 0) is 37.0 Å². The smallest absolute Gasteiger partial charge is 0.261 e. The van der Waals surface area contributed by atoms with Crippen molar-refractivity contribution in [1.82, 2.24) is 10.2 Å². The van der Waals surface area contributed by atoms with Crippen LogP contribution < -0.4 is 5.32 Å². The van der Waals surface area contributed by atoms with Crippen LogP contribution in [0.15, 0.2) is 18.2 Å². The Morgan fingerprint density at radius 2 is 2.00 bits per heavy atom. The van der Waals surface area contributed by atoms with Crippen molar-refractivity contribution in [2.24, 2.45) is 0 Å². The molecule has 1 aromatic rings. The minimum atomic E-state index is -1.00. The highest BCUT2D eigenvalue weighted by Gasteiger charge is 2.30. The summed E-state index contributed by atoms with van der Waals surface area (Å²) in [7, 11) is 1.42. The molecule has 1 atom stereocenters. The lowest BCUT2D eigenvalue weighted by Gasteiger charge is -2.25. The molecule has 0 spiro atoms. The third-order valence-electron chi connectivity index (χ3n) is 3.85. The number of hydrogen-bond donors (Lipinski definition) is 1. The van der Waals surface area contributed by atoms with Gasteiger partial charge in [-0.15, -0.1) is 0 Å². The number of nitrogens with zero attached hydrogens (tertiary/aromatic N) is 1. The molecule has 1 unspecified atom stereocenters. The predicted molar refractivity (Wildman–Crippen MR) is 85.9 cm³/mol. The number of aldehydes is 1. The summed E-state index contributed by atoms with van der Waals surface area (Å²) in [6.45, 7) is 3.79. The normalized spacial score (nSPS) is 11.4. The van der Waals surface area contributed by atoms with E-state index in [4.69, 9.17) is 0 Å². The van der Waals surface area contributed by atoms with Gasteiger partial charge in [-0.25, -0.2) is 0 Å². The largest absolute Gasteiger partial charge is 0.357 e. The molecule has 23 heavy (non-hydrogen) atoms. The lowest BCUT2D eigenvalue weighted by Crippen LogP contribution is -2.48. The van der Waals surface area contributed by atoms with Gasteiger partial charge in [0.15, 0.2) is 0 Å². The second-order valence-electron chi connectivity index (χ2n) is 5.14. The van der Waals surface area contributed by atoms with Crippen molar-refractivity contribution in [3.05, 3.63) is 34.9 Å². The zero-order chi connectivity index (χ0) is 17.4. The summed E-state index contributed by atoms with van der Waals surface area (Å²) in [6.07, 6.45) is 1.96. The zero-order valence-corrected chi connectivity index (χ0v) is 13.7. The predicted octanol–water partition coefficient (Wildman–Crippen LogP) is 1.25. The zero-order valence-electron chi connectivity index (χ0n) is 13.7. The highest BCUT2D eigenvalue weighted by atomic mass is 16.2. The summed E-state index contributed by atoms with van der Waals surface area (Å²) in [4.78, 5) is 47.6. The van der Waals surface area contributed by atoms with Gasteiger partial charge in [0.1, 0.15) is 12.3 Å². The van der Waals surface area contributed by atoms with E-state index in [0.717, 1.165) is 22.4 Å². The number of hydrogen-bond acceptors (Lipinski definition) is 4. The molecule has 1 rings (SSSR count). The third kappa shape index (κ3) is 4.25. The van der Waals surface area contributed by atoms with Gasteiger partial charge in [0.05, 0.1) is 0 Å². The van der Waals surface area contributed by atoms with Gasteiger partial charge in [-0.2, -0.15) is 0 Å². The van der Waals surface area contributed by atoms with E-state index in [1.54, 1.807) is 12.1 Å². The summed E-state index contributed by atoms with van der Waals surface area (Å²) < 4.78 is 0. The van der Waals surface area contributed by atoms with E-state index in [9.17, 15) is 19.2 Å². The van der Waals surface area contributed by atoms with Crippen molar-refractivity contribution in [3.8, 4) is 0 Å². The molecule has 0 bridgehead atoms. The van der Waals surface area contributed by atoms with Crippen molar-refractivity contribution in [2.45, 2.75) is 39.2 Å². The van der Waals surface area contributed by atoms with E-state index < -0.39 is 17.9 Å². The van der Waals surface area contributed by atoms with Gasteiger partial charge in [-0.3, -0.25) is 19.3 Å². The highest BCUT2D eigenvalue weighted by Crippen LogP contribution is 2.18. The topological polar surface area (TPSA) is 83.6 Å². The number of benzene rings is 1. The number of amides is 3. The van der Waals surface area contributed by atoms with Crippen LogP contribution in [0.3, 0.4) is 0 Å². The van der Waals surface area contributed by atoms with Gasteiger partial charge in [0.25, 0.3) is 5.91 Å². The number of aryl methyl sites for hydroxylation is 1. The van der Waals surface area contributed by atoms with Crippen molar-refractivity contribution in [3.63, 3.8) is 0 Å². The number of rotatable bonds is 8. The van der Waals surface area contributed by atoms with Crippen LogP contribution in [0.25, 0.3) is 0 Å². The average molecular weight is 318 g/mol. The minimum Gasteiger partial charge on any atom is -0.357 e. The monoisotopic (exact) mass is 318 g/mol. The maximum atomic E-state index is 12.7. The Morgan fingerprint density at radius 3 is 2.52 bits per heavy atom. The number of carbonyl (C=O) groups is 4. The van der Waals surface area contributed by atoms with Crippen LogP contribution in [0, 0.1) is 6.92 Å².